The summed E-state index contributed by atoms with van der Waals surface area (Å²) in [5, 5.41) is 6.89. The zero-order valence-electron chi connectivity index (χ0n) is 14.8. The van der Waals surface area contributed by atoms with Gasteiger partial charge in [-0.25, -0.2) is 4.68 Å². The van der Waals surface area contributed by atoms with Gasteiger partial charge < -0.3 is 14.8 Å². The molecule has 0 unspecified atom stereocenters. The number of nitrogens with zero attached hydrogens (tertiary/aromatic N) is 2. The van der Waals surface area contributed by atoms with Gasteiger partial charge in [0.25, 0.3) is 11.5 Å². The van der Waals surface area contributed by atoms with Crippen LogP contribution in [-0.4, -0.2) is 35.5 Å². The van der Waals surface area contributed by atoms with E-state index in [4.69, 9.17) is 9.47 Å². The smallest absolute Gasteiger partial charge is 0.276 e. The molecule has 1 aliphatic rings. The Bertz CT molecular complexity index is 812. The van der Waals surface area contributed by atoms with Crippen molar-refractivity contribution >= 4 is 11.6 Å². The minimum Gasteiger partial charge on any atom is -0.490 e. The second kappa shape index (κ2) is 8.62. The monoisotopic (exact) mass is 357 g/mol. The van der Waals surface area contributed by atoms with Crippen molar-refractivity contribution in [2.24, 2.45) is 0 Å². The van der Waals surface area contributed by atoms with E-state index in [0.29, 0.717) is 18.8 Å². The van der Waals surface area contributed by atoms with Crippen molar-refractivity contribution in [2.45, 2.75) is 38.3 Å². The largest absolute Gasteiger partial charge is 0.490 e. The minimum atomic E-state index is -0.380. The predicted molar refractivity (Wildman–Crippen MR) is 97.7 cm³/mol. The van der Waals surface area contributed by atoms with Crippen LogP contribution in [0.1, 0.15) is 36.2 Å². The maximum Gasteiger partial charge on any atom is 0.276 e. The number of ether oxygens (including phenoxy) is 2. The second-order valence-electron chi connectivity index (χ2n) is 6.28. The molecule has 26 heavy (non-hydrogen) atoms. The number of benzene rings is 1. The fourth-order valence-corrected chi connectivity index (χ4v) is 2.95. The van der Waals surface area contributed by atoms with Gasteiger partial charge >= 0.3 is 0 Å². The number of methoxy groups -OCH3 is 1. The summed E-state index contributed by atoms with van der Waals surface area (Å²) in [6.45, 7) is 0.639. The van der Waals surface area contributed by atoms with E-state index in [2.05, 4.69) is 10.4 Å². The number of carbonyl (C=O) groups excluding carboxylic acids is 1. The summed E-state index contributed by atoms with van der Waals surface area (Å²) in [6.07, 6.45) is 4.80. The lowest BCUT2D eigenvalue weighted by Gasteiger charge is -2.14. The highest BCUT2D eigenvalue weighted by atomic mass is 16.5. The van der Waals surface area contributed by atoms with Crippen molar-refractivity contribution in [1.82, 2.24) is 9.78 Å². The fourth-order valence-electron chi connectivity index (χ4n) is 2.95. The number of hydrogen-bond acceptors (Lipinski definition) is 5. The van der Waals surface area contributed by atoms with Gasteiger partial charge in [-0.15, -0.1) is 0 Å². The molecule has 0 aliphatic heterocycles. The summed E-state index contributed by atoms with van der Waals surface area (Å²) in [5.74, 6) is 0.363. The van der Waals surface area contributed by atoms with E-state index in [-0.39, 0.29) is 23.3 Å². The molecule has 0 saturated heterocycles. The SMILES string of the molecule is COCCn1nc(C(=O)Nc2cccc(OC3CCCC3)c2)ccc1=O. The van der Waals surface area contributed by atoms with Gasteiger partial charge in [-0.3, -0.25) is 9.59 Å². The molecule has 1 aromatic heterocycles. The van der Waals surface area contributed by atoms with Crippen LogP contribution in [0.25, 0.3) is 0 Å². The van der Waals surface area contributed by atoms with Crippen molar-refractivity contribution in [3.8, 4) is 5.75 Å². The molecule has 0 spiro atoms. The van der Waals surface area contributed by atoms with Gasteiger partial charge in [-0.05, 0) is 43.9 Å². The first-order chi connectivity index (χ1) is 12.7. The van der Waals surface area contributed by atoms with Crippen molar-refractivity contribution < 1.29 is 14.3 Å². The first kappa shape index (κ1) is 18.1. The highest BCUT2D eigenvalue weighted by Gasteiger charge is 2.17. The van der Waals surface area contributed by atoms with E-state index in [9.17, 15) is 9.59 Å². The van der Waals surface area contributed by atoms with Gasteiger partial charge in [0.05, 0.1) is 19.3 Å². The van der Waals surface area contributed by atoms with Crippen LogP contribution in [0.4, 0.5) is 5.69 Å². The Morgan fingerprint density at radius 3 is 2.85 bits per heavy atom. The maximum absolute atomic E-state index is 12.4. The van der Waals surface area contributed by atoms with Crippen LogP contribution in [0.15, 0.2) is 41.2 Å². The molecule has 1 fully saturated rings. The average molecular weight is 357 g/mol. The van der Waals surface area contributed by atoms with Crippen LogP contribution in [0.3, 0.4) is 0 Å². The lowest BCUT2D eigenvalue weighted by atomic mass is 10.2. The summed E-state index contributed by atoms with van der Waals surface area (Å²) >= 11 is 0. The molecule has 7 heteroatoms. The van der Waals surface area contributed by atoms with E-state index in [0.717, 1.165) is 18.6 Å². The van der Waals surface area contributed by atoms with Gasteiger partial charge in [0.15, 0.2) is 0 Å². The lowest BCUT2D eigenvalue weighted by Crippen LogP contribution is -2.27. The molecule has 1 N–H and O–H groups in total. The molecule has 2 aromatic rings. The third-order valence-electron chi connectivity index (χ3n) is 4.30. The topological polar surface area (TPSA) is 82.5 Å². The first-order valence-corrected chi connectivity index (χ1v) is 8.81. The Hall–Kier alpha value is -2.67. The summed E-state index contributed by atoms with van der Waals surface area (Å²) in [5.41, 5.74) is 0.523. The molecule has 0 bridgehead atoms. The van der Waals surface area contributed by atoms with Gasteiger partial charge in [0.1, 0.15) is 11.4 Å². The molecule has 1 aliphatic carbocycles. The molecule has 138 valence electrons. The van der Waals surface area contributed by atoms with Gasteiger partial charge in [0.2, 0.25) is 0 Å². The van der Waals surface area contributed by atoms with Crippen LogP contribution in [0, 0.1) is 0 Å². The maximum atomic E-state index is 12.4. The van der Waals surface area contributed by atoms with Crippen molar-refractivity contribution in [2.75, 3.05) is 19.0 Å². The van der Waals surface area contributed by atoms with E-state index < -0.39 is 0 Å². The molecule has 1 amide bonds. The number of nitrogens with one attached hydrogen (secondary N) is 1. The average Bonchev–Trinajstić information content (AvgIpc) is 3.14. The molecule has 0 radical (unpaired) electrons. The van der Waals surface area contributed by atoms with Crippen LogP contribution >= 0.6 is 0 Å². The Morgan fingerprint density at radius 2 is 2.08 bits per heavy atom. The van der Waals surface area contributed by atoms with Crippen LogP contribution in [-0.2, 0) is 11.3 Å². The quantitative estimate of drug-likeness (QED) is 0.823. The van der Waals surface area contributed by atoms with E-state index in [1.165, 1.54) is 29.7 Å². The Labute approximate surface area is 151 Å². The number of hydrogen-bond donors (Lipinski definition) is 1. The molecule has 1 heterocycles. The number of anilines is 1. The van der Waals surface area contributed by atoms with Crippen LogP contribution < -0.4 is 15.6 Å². The third kappa shape index (κ3) is 4.70. The Balaban J connectivity index is 1.68. The molecule has 1 aromatic carbocycles. The standard InChI is InChI=1S/C19H23N3O4/c1-25-12-11-22-18(23)10-9-17(21-22)19(24)20-14-5-4-8-16(13-14)26-15-6-2-3-7-15/h4-5,8-10,13,15H,2-3,6-7,11-12H2,1H3,(H,20,24). The third-order valence-corrected chi connectivity index (χ3v) is 4.30. The van der Waals surface area contributed by atoms with Gasteiger partial charge in [0, 0.05) is 24.9 Å². The first-order valence-electron chi connectivity index (χ1n) is 8.81. The minimum absolute atomic E-state index is 0.169. The van der Waals surface area contributed by atoms with E-state index >= 15 is 0 Å². The molecule has 3 rings (SSSR count). The van der Waals surface area contributed by atoms with E-state index in [1.54, 1.807) is 19.2 Å². The van der Waals surface area contributed by atoms with Crippen molar-refractivity contribution in [3.05, 3.63) is 52.4 Å². The van der Waals surface area contributed by atoms with E-state index in [1.807, 2.05) is 12.1 Å². The summed E-state index contributed by atoms with van der Waals surface area (Å²) in [6, 6.07) is 10.1. The molecule has 0 atom stereocenters. The zero-order valence-corrected chi connectivity index (χ0v) is 14.8. The Morgan fingerprint density at radius 1 is 1.27 bits per heavy atom. The molecular weight excluding hydrogens is 334 g/mol. The highest BCUT2D eigenvalue weighted by Crippen LogP contribution is 2.25. The molecule has 1 saturated carbocycles. The zero-order chi connectivity index (χ0) is 18.4. The van der Waals surface area contributed by atoms with Crippen molar-refractivity contribution in [3.63, 3.8) is 0 Å². The normalized spacial score (nSPS) is 14.3. The summed E-state index contributed by atoms with van der Waals surface area (Å²) < 4.78 is 12.1. The second-order valence-corrected chi connectivity index (χ2v) is 6.28. The molecule has 7 nitrogen and oxygen atoms in total. The predicted octanol–water partition coefficient (Wildman–Crippen LogP) is 2.46. The van der Waals surface area contributed by atoms with Crippen LogP contribution in [0.2, 0.25) is 0 Å². The number of carbonyl (C=O) groups is 1. The number of aromatic nitrogens is 2. The van der Waals surface area contributed by atoms with Gasteiger partial charge in [-0.1, -0.05) is 6.07 Å². The summed E-state index contributed by atoms with van der Waals surface area (Å²) in [7, 11) is 1.54. The van der Waals surface area contributed by atoms with Crippen LogP contribution in [0.5, 0.6) is 5.75 Å². The summed E-state index contributed by atoms with van der Waals surface area (Å²) in [4.78, 5) is 24.2. The van der Waals surface area contributed by atoms with Crippen molar-refractivity contribution in [1.29, 1.82) is 0 Å². The Kier molecular flexibility index (Phi) is 6.01. The molecular formula is C19H23N3O4. The number of rotatable bonds is 7. The van der Waals surface area contributed by atoms with Gasteiger partial charge in [-0.2, -0.15) is 5.10 Å². The highest BCUT2D eigenvalue weighted by molar-refractivity contribution is 6.02. The lowest BCUT2D eigenvalue weighted by molar-refractivity contribution is 0.101. The fraction of sp³-hybridized carbons (Fsp3) is 0.421. The number of amides is 1.